The second-order valence-electron chi connectivity index (χ2n) is 22.2. The molecule has 4 heterocycles. The van der Waals surface area contributed by atoms with E-state index in [1.807, 2.05) is 12.1 Å². The van der Waals surface area contributed by atoms with Crippen LogP contribution in [0.25, 0.3) is 0 Å². The third kappa shape index (κ3) is 10.1. The van der Waals surface area contributed by atoms with Gasteiger partial charge < -0.3 is 31.1 Å². The number of phenolic OH excluding ortho intramolecular Hbond substituents is 2. The van der Waals surface area contributed by atoms with E-state index in [-0.39, 0.29) is 90.8 Å². The highest BCUT2D eigenvalue weighted by molar-refractivity contribution is 6.02. The molecule has 0 amide bonds. The van der Waals surface area contributed by atoms with Gasteiger partial charge in [-0.05, 0) is 175 Å². The first-order valence-corrected chi connectivity index (χ1v) is 25.2. The Kier molecular flexibility index (Phi) is 14.9. The Morgan fingerprint density at radius 3 is 1.36 bits per heavy atom. The van der Waals surface area contributed by atoms with Gasteiger partial charge in [-0.2, -0.15) is 0 Å². The van der Waals surface area contributed by atoms with Crippen LogP contribution in [-0.4, -0.2) is 122 Å². The molecule has 4 aliphatic heterocycles. The van der Waals surface area contributed by atoms with Crippen molar-refractivity contribution in [3.05, 3.63) is 130 Å². The topological polar surface area (TPSA) is 163 Å². The van der Waals surface area contributed by atoms with Crippen LogP contribution >= 0.6 is 0 Å². The van der Waals surface area contributed by atoms with Crippen LogP contribution in [0.4, 0.5) is 8.78 Å². The molecule has 8 rings (SSSR count). The number of nitrogens with one attached hydrogen (secondary N) is 2. The maximum absolute atomic E-state index is 17.9. The molecule has 70 heavy (non-hydrogen) atoms. The number of β-amino-alcohol motifs (C(OH)–C–C–N with tert-alkyl or cyclic N) is 2. The fourth-order valence-corrected chi connectivity index (χ4v) is 13.2. The first-order chi connectivity index (χ1) is 33.1. The van der Waals surface area contributed by atoms with Crippen LogP contribution in [0.3, 0.4) is 0 Å². The molecule has 0 radical (unpaired) electrons. The van der Waals surface area contributed by atoms with Crippen molar-refractivity contribution in [2.45, 2.75) is 114 Å². The van der Waals surface area contributed by atoms with Crippen molar-refractivity contribution in [2.24, 2.45) is 23.7 Å². The maximum Gasteiger partial charge on any atom is 0.173 e. The van der Waals surface area contributed by atoms with Crippen molar-refractivity contribution in [1.29, 1.82) is 0 Å². The molecule has 4 aromatic rings. The minimum Gasteiger partial charge on any atom is -0.508 e. The number of aliphatic hydroxyl groups is 2. The number of nitrogens with zero attached hydrogens (tertiary/aromatic N) is 2. The van der Waals surface area contributed by atoms with Crippen molar-refractivity contribution >= 4 is 17.3 Å². The number of carbonyl (C=O) groups excluding carboxylic acids is 3. The third-order valence-electron chi connectivity index (χ3n) is 16.2. The molecular formula is C57H72F2N4O7. The summed E-state index contributed by atoms with van der Waals surface area (Å²) in [5.74, 6) is -5.67. The van der Waals surface area contributed by atoms with Gasteiger partial charge in [0, 0.05) is 62.2 Å². The Morgan fingerprint density at radius 2 is 1.01 bits per heavy atom. The number of ketones is 3. The predicted octanol–water partition coefficient (Wildman–Crippen LogP) is 7.86. The largest absolute Gasteiger partial charge is 0.508 e. The van der Waals surface area contributed by atoms with E-state index in [2.05, 4.69) is 20.4 Å². The van der Waals surface area contributed by atoms with Crippen molar-refractivity contribution in [1.82, 2.24) is 20.4 Å². The highest BCUT2D eigenvalue weighted by atomic mass is 19.1. The van der Waals surface area contributed by atoms with Gasteiger partial charge >= 0.3 is 0 Å². The summed E-state index contributed by atoms with van der Waals surface area (Å²) in [4.78, 5) is 52.5. The van der Waals surface area contributed by atoms with Crippen molar-refractivity contribution in [3.8, 4) is 11.5 Å². The van der Waals surface area contributed by atoms with Gasteiger partial charge in [0.2, 0.25) is 0 Å². The first kappa shape index (κ1) is 51.5. The molecule has 376 valence electrons. The SMILES string of the molecule is Cc1c(F)cccc1[C@@H]1C[C@](C(=O)[C@]2(C3CCCNC3)C[C@@H](c3cccc(F)c3C)[C@@H](C(=O)c3cccc(O)c3)CN2CC(C)(C)O)(C2CCCNC2)N(CC(C)(C)O)C[C@@H]1C(=O)c1cccc(O)c1. The van der Waals surface area contributed by atoms with Gasteiger partial charge in [-0.1, -0.05) is 48.5 Å². The van der Waals surface area contributed by atoms with Crippen molar-refractivity contribution in [2.75, 3.05) is 52.4 Å². The summed E-state index contributed by atoms with van der Waals surface area (Å²) in [5.41, 5.74) is -3.21. The van der Waals surface area contributed by atoms with Crippen LogP contribution in [0, 0.1) is 49.2 Å². The van der Waals surface area contributed by atoms with E-state index in [0.717, 1.165) is 25.9 Å². The van der Waals surface area contributed by atoms with Gasteiger partial charge in [-0.15, -0.1) is 0 Å². The summed E-state index contributed by atoms with van der Waals surface area (Å²) in [6, 6.07) is 22.1. The molecule has 0 bridgehead atoms. The van der Waals surface area contributed by atoms with Crippen LogP contribution in [0.15, 0.2) is 84.9 Å². The molecule has 4 fully saturated rings. The van der Waals surface area contributed by atoms with Crippen LogP contribution in [0.2, 0.25) is 0 Å². The number of piperidine rings is 4. The number of benzene rings is 4. The van der Waals surface area contributed by atoms with Gasteiger partial charge in [-0.3, -0.25) is 24.2 Å². The van der Waals surface area contributed by atoms with E-state index in [0.29, 0.717) is 48.2 Å². The average Bonchev–Trinajstić information content (AvgIpc) is 3.32. The Bertz CT molecular complexity index is 2390. The highest BCUT2D eigenvalue weighted by Crippen LogP contribution is 2.56. The monoisotopic (exact) mass is 963 g/mol. The molecule has 0 spiro atoms. The second kappa shape index (κ2) is 20.3. The second-order valence-corrected chi connectivity index (χ2v) is 22.2. The van der Waals surface area contributed by atoms with Gasteiger partial charge in [0.05, 0.1) is 22.3 Å². The lowest BCUT2D eigenvalue weighted by Crippen LogP contribution is -2.78. The van der Waals surface area contributed by atoms with E-state index in [4.69, 9.17) is 0 Å². The van der Waals surface area contributed by atoms with E-state index in [1.54, 1.807) is 77.9 Å². The molecule has 13 heteroatoms. The molecule has 4 aliphatic rings. The standard InChI is InChI=1S/C57H72F2N4O7/c1-35-43(19-9-21-49(35)58)45-27-56(39-15-11-23-60-29-39,62(33-54(3,4)69)31-47(45)51(66)37-13-7-17-41(64)25-37)53(68)57(40-16-12-24-61-30-40)28-46(44-20-10-22-50(59)36(44)2)48(32-63(57)34-55(5,6)70)52(67)38-14-8-18-42(65)26-38/h7-10,13-14,17-22,25-26,39-40,45-48,60-61,64-65,69-70H,11-12,15-16,23-24,27-34H2,1-6H3/t39?,40?,45-,46-,47-,48-,56+,57+/m0/s1. The smallest absolute Gasteiger partial charge is 0.173 e. The fraction of sp³-hybridized carbons (Fsp3) is 0.526. The van der Waals surface area contributed by atoms with Crippen molar-refractivity contribution in [3.63, 3.8) is 0 Å². The molecular weight excluding hydrogens is 891 g/mol. The minimum absolute atomic E-state index is 0.0105. The summed E-state index contributed by atoms with van der Waals surface area (Å²) in [6.45, 7) is 12.5. The average molecular weight is 963 g/mol. The maximum atomic E-state index is 17.9. The number of Topliss-reactive ketones (excluding diaryl/α,β-unsaturated/α-hetero) is 3. The fourth-order valence-electron chi connectivity index (χ4n) is 13.2. The Morgan fingerprint density at radius 1 is 0.629 bits per heavy atom. The zero-order chi connectivity index (χ0) is 50.3. The Hall–Kier alpha value is -4.89. The zero-order valence-electron chi connectivity index (χ0n) is 41.6. The molecule has 0 saturated carbocycles. The summed E-state index contributed by atoms with van der Waals surface area (Å²) in [6.07, 6.45) is 2.86. The van der Waals surface area contributed by atoms with Crippen LogP contribution in [0.1, 0.15) is 121 Å². The lowest BCUT2D eigenvalue weighted by atomic mass is 9.54. The van der Waals surface area contributed by atoms with Gasteiger partial charge in [-0.25, -0.2) is 8.78 Å². The molecule has 4 saturated heterocycles. The Balaban J connectivity index is 1.43. The molecule has 11 nitrogen and oxygen atoms in total. The highest BCUT2D eigenvalue weighted by Gasteiger charge is 2.67. The summed E-state index contributed by atoms with van der Waals surface area (Å²) < 4.78 is 32.0. The molecule has 6 N–H and O–H groups in total. The minimum atomic E-state index is -1.45. The van der Waals surface area contributed by atoms with Crippen molar-refractivity contribution < 1.29 is 43.6 Å². The zero-order valence-corrected chi connectivity index (χ0v) is 41.6. The van der Waals surface area contributed by atoms with Gasteiger partial charge in [0.1, 0.15) is 23.1 Å². The van der Waals surface area contributed by atoms with E-state index in [1.165, 1.54) is 36.4 Å². The van der Waals surface area contributed by atoms with Gasteiger partial charge in [0.25, 0.3) is 0 Å². The number of hydrogen-bond donors (Lipinski definition) is 6. The molecule has 2 unspecified atom stereocenters. The van der Waals surface area contributed by atoms with Crippen LogP contribution in [0.5, 0.6) is 11.5 Å². The van der Waals surface area contributed by atoms with Crippen LogP contribution < -0.4 is 10.6 Å². The normalized spacial score (nSPS) is 28.3. The van der Waals surface area contributed by atoms with E-state index >= 15 is 23.2 Å². The number of carbonyl (C=O) groups is 3. The molecule has 8 atom stereocenters. The molecule has 0 aliphatic carbocycles. The lowest BCUT2D eigenvalue weighted by molar-refractivity contribution is -0.172. The third-order valence-corrected chi connectivity index (χ3v) is 16.2. The Labute approximate surface area is 411 Å². The summed E-state index contributed by atoms with van der Waals surface area (Å²) in [5, 5.41) is 52.6. The number of hydrogen-bond acceptors (Lipinski definition) is 11. The number of rotatable bonds is 14. The summed E-state index contributed by atoms with van der Waals surface area (Å²) >= 11 is 0. The number of halogens is 2. The first-order valence-electron chi connectivity index (χ1n) is 25.2. The molecule has 0 aromatic heterocycles. The number of phenols is 2. The predicted molar refractivity (Wildman–Crippen MR) is 266 cm³/mol. The quantitative estimate of drug-likeness (QED) is 0.0683. The molecule has 4 aromatic carbocycles. The summed E-state index contributed by atoms with van der Waals surface area (Å²) in [7, 11) is 0. The number of aromatic hydroxyl groups is 2. The lowest BCUT2D eigenvalue weighted by Gasteiger charge is -2.63. The van der Waals surface area contributed by atoms with Gasteiger partial charge in [0.15, 0.2) is 17.3 Å². The van der Waals surface area contributed by atoms with E-state index < -0.39 is 57.6 Å². The number of likely N-dealkylation sites (tertiary alicyclic amines) is 2. The van der Waals surface area contributed by atoms with E-state index in [9.17, 15) is 20.4 Å². The van der Waals surface area contributed by atoms with Crippen LogP contribution in [-0.2, 0) is 4.79 Å².